The van der Waals surface area contributed by atoms with Gasteiger partial charge in [0.2, 0.25) is 0 Å². The average Bonchev–Trinajstić information content (AvgIpc) is 2.44. The number of hydrogen-bond acceptors (Lipinski definition) is 2. The van der Waals surface area contributed by atoms with Crippen LogP contribution in [0.5, 0.6) is 0 Å². The van der Waals surface area contributed by atoms with Gasteiger partial charge in [-0.05, 0) is 38.3 Å². The molecule has 2 N–H and O–H groups in total. The molecule has 0 aliphatic carbocycles. The second-order valence-corrected chi connectivity index (χ2v) is 5.69. The number of aryl methyl sites for hydroxylation is 1. The molecule has 1 aromatic rings. The van der Waals surface area contributed by atoms with Gasteiger partial charge in [0.05, 0.1) is 0 Å². The fourth-order valence-corrected chi connectivity index (χ4v) is 3.10. The normalized spacial score (nSPS) is 22.4. The Morgan fingerprint density at radius 2 is 2.26 bits per heavy atom. The Labute approximate surface area is 115 Å². The average molecular weight is 264 g/mol. The standard InChI is InChI=1S/C16H25FN2/c1-3-13-5-4-8-19(11-13)16(10-18)14-9-12(2)6-7-15(14)17/h6-7,9,13,16H,3-5,8,10-11,18H2,1-2H3. The molecular formula is C16H25FN2. The van der Waals surface area contributed by atoms with Crippen molar-refractivity contribution < 1.29 is 4.39 Å². The van der Waals surface area contributed by atoms with Crippen LogP contribution in [0.2, 0.25) is 0 Å². The quantitative estimate of drug-likeness (QED) is 0.904. The molecule has 2 unspecified atom stereocenters. The Morgan fingerprint density at radius 1 is 1.47 bits per heavy atom. The first kappa shape index (κ1) is 14.5. The number of nitrogens with zero attached hydrogens (tertiary/aromatic N) is 1. The molecule has 0 radical (unpaired) electrons. The van der Waals surface area contributed by atoms with E-state index in [4.69, 9.17) is 5.73 Å². The topological polar surface area (TPSA) is 29.3 Å². The Hall–Kier alpha value is -0.930. The summed E-state index contributed by atoms with van der Waals surface area (Å²) in [7, 11) is 0. The summed E-state index contributed by atoms with van der Waals surface area (Å²) in [6.45, 7) is 6.80. The number of hydrogen-bond donors (Lipinski definition) is 1. The zero-order valence-electron chi connectivity index (χ0n) is 12.0. The SMILES string of the molecule is CCC1CCCN(C(CN)c2cc(C)ccc2F)C1. The predicted molar refractivity (Wildman–Crippen MR) is 77.5 cm³/mol. The first-order chi connectivity index (χ1) is 9.15. The van der Waals surface area contributed by atoms with Gasteiger partial charge < -0.3 is 5.73 Å². The molecular weight excluding hydrogens is 239 g/mol. The van der Waals surface area contributed by atoms with E-state index < -0.39 is 0 Å². The third kappa shape index (κ3) is 3.34. The minimum atomic E-state index is -0.125. The molecule has 3 heteroatoms. The van der Waals surface area contributed by atoms with Gasteiger partial charge >= 0.3 is 0 Å². The molecule has 0 bridgehead atoms. The Kier molecular flexibility index (Phi) is 4.94. The first-order valence-electron chi connectivity index (χ1n) is 7.35. The number of halogens is 1. The Morgan fingerprint density at radius 3 is 2.95 bits per heavy atom. The lowest BCUT2D eigenvalue weighted by molar-refractivity contribution is 0.122. The molecule has 2 atom stereocenters. The largest absolute Gasteiger partial charge is 0.329 e. The molecule has 0 saturated carbocycles. The molecule has 0 spiro atoms. The monoisotopic (exact) mass is 264 g/mol. The minimum Gasteiger partial charge on any atom is -0.329 e. The highest BCUT2D eigenvalue weighted by atomic mass is 19.1. The van der Waals surface area contributed by atoms with Crippen LogP contribution in [0.15, 0.2) is 18.2 Å². The highest BCUT2D eigenvalue weighted by Crippen LogP contribution is 2.29. The van der Waals surface area contributed by atoms with Gasteiger partial charge in [0, 0.05) is 24.7 Å². The third-order valence-corrected chi connectivity index (χ3v) is 4.30. The lowest BCUT2D eigenvalue weighted by Crippen LogP contribution is -2.41. The van der Waals surface area contributed by atoms with Crippen LogP contribution < -0.4 is 5.73 Å². The molecule has 2 nitrogen and oxygen atoms in total. The summed E-state index contributed by atoms with van der Waals surface area (Å²) in [6, 6.07) is 5.35. The number of piperidine rings is 1. The van der Waals surface area contributed by atoms with E-state index in [2.05, 4.69) is 11.8 Å². The highest BCUT2D eigenvalue weighted by molar-refractivity contribution is 5.27. The third-order valence-electron chi connectivity index (χ3n) is 4.30. The minimum absolute atomic E-state index is 0.0225. The molecule has 0 amide bonds. The maximum atomic E-state index is 14.1. The van der Waals surface area contributed by atoms with Crippen LogP contribution in [0, 0.1) is 18.7 Å². The molecule has 1 heterocycles. The number of benzene rings is 1. The predicted octanol–water partition coefficient (Wildman–Crippen LogP) is 3.26. The van der Waals surface area contributed by atoms with Crippen LogP contribution in [0.4, 0.5) is 4.39 Å². The number of likely N-dealkylation sites (tertiary alicyclic amines) is 1. The van der Waals surface area contributed by atoms with Crippen molar-refractivity contribution in [1.82, 2.24) is 4.90 Å². The van der Waals surface area contributed by atoms with E-state index in [0.29, 0.717) is 6.54 Å². The van der Waals surface area contributed by atoms with Gasteiger partial charge in [-0.25, -0.2) is 4.39 Å². The van der Waals surface area contributed by atoms with Crippen molar-refractivity contribution in [3.8, 4) is 0 Å². The Bertz CT molecular complexity index is 419. The summed E-state index contributed by atoms with van der Waals surface area (Å²) in [5.74, 6) is 0.607. The smallest absolute Gasteiger partial charge is 0.128 e. The second-order valence-electron chi connectivity index (χ2n) is 5.69. The summed E-state index contributed by atoms with van der Waals surface area (Å²) >= 11 is 0. The van der Waals surface area contributed by atoms with Crippen molar-refractivity contribution in [2.45, 2.75) is 39.2 Å². The van der Waals surface area contributed by atoms with E-state index in [0.717, 1.165) is 30.1 Å². The van der Waals surface area contributed by atoms with E-state index in [1.165, 1.54) is 19.3 Å². The summed E-state index contributed by atoms with van der Waals surface area (Å²) in [5, 5.41) is 0. The maximum absolute atomic E-state index is 14.1. The molecule has 2 rings (SSSR count). The van der Waals surface area contributed by atoms with Crippen molar-refractivity contribution >= 4 is 0 Å². The molecule has 1 saturated heterocycles. The molecule has 106 valence electrons. The molecule has 1 fully saturated rings. The Balaban J connectivity index is 2.21. The molecule has 1 aromatic carbocycles. The van der Waals surface area contributed by atoms with E-state index in [-0.39, 0.29) is 11.9 Å². The van der Waals surface area contributed by atoms with Gasteiger partial charge in [-0.2, -0.15) is 0 Å². The summed E-state index contributed by atoms with van der Waals surface area (Å²) < 4.78 is 14.1. The second kappa shape index (κ2) is 6.49. The highest BCUT2D eigenvalue weighted by Gasteiger charge is 2.27. The lowest BCUT2D eigenvalue weighted by atomic mass is 9.92. The van der Waals surface area contributed by atoms with Crippen molar-refractivity contribution in [3.63, 3.8) is 0 Å². The van der Waals surface area contributed by atoms with Gasteiger partial charge in [0.1, 0.15) is 5.82 Å². The fourth-order valence-electron chi connectivity index (χ4n) is 3.10. The van der Waals surface area contributed by atoms with Gasteiger partial charge in [0.15, 0.2) is 0 Å². The van der Waals surface area contributed by atoms with Crippen molar-refractivity contribution in [3.05, 3.63) is 35.1 Å². The first-order valence-corrected chi connectivity index (χ1v) is 7.35. The van der Waals surface area contributed by atoms with Gasteiger partial charge in [-0.15, -0.1) is 0 Å². The molecule has 0 aromatic heterocycles. The summed E-state index contributed by atoms with van der Waals surface area (Å²) in [4.78, 5) is 2.37. The van der Waals surface area contributed by atoms with E-state index in [1.807, 2.05) is 19.1 Å². The number of nitrogens with two attached hydrogens (primary N) is 1. The zero-order valence-corrected chi connectivity index (χ0v) is 12.0. The van der Waals surface area contributed by atoms with Gasteiger partial charge in [-0.3, -0.25) is 4.90 Å². The lowest BCUT2D eigenvalue weighted by Gasteiger charge is -2.38. The van der Waals surface area contributed by atoms with Crippen LogP contribution in [0.1, 0.15) is 43.4 Å². The van der Waals surface area contributed by atoms with Crippen molar-refractivity contribution in [2.24, 2.45) is 11.7 Å². The van der Waals surface area contributed by atoms with Gasteiger partial charge in [-0.1, -0.05) is 31.0 Å². The van der Waals surface area contributed by atoms with Crippen molar-refractivity contribution in [2.75, 3.05) is 19.6 Å². The van der Waals surface area contributed by atoms with Crippen LogP contribution in [-0.4, -0.2) is 24.5 Å². The van der Waals surface area contributed by atoms with Crippen molar-refractivity contribution in [1.29, 1.82) is 0 Å². The molecule has 1 aliphatic rings. The summed E-state index contributed by atoms with van der Waals surface area (Å²) in [6.07, 6.45) is 3.69. The van der Waals surface area contributed by atoms with E-state index in [9.17, 15) is 4.39 Å². The van der Waals surface area contributed by atoms with Crippen LogP contribution in [0.3, 0.4) is 0 Å². The van der Waals surface area contributed by atoms with Gasteiger partial charge in [0.25, 0.3) is 0 Å². The van der Waals surface area contributed by atoms with E-state index in [1.54, 1.807) is 6.07 Å². The number of rotatable bonds is 4. The maximum Gasteiger partial charge on any atom is 0.128 e. The molecule has 1 aliphatic heterocycles. The fraction of sp³-hybridized carbons (Fsp3) is 0.625. The van der Waals surface area contributed by atoms with Crippen LogP contribution in [-0.2, 0) is 0 Å². The summed E-state index contributed by atoms with van der Waals surface area (Å²) in [5.41, 5.74) is 7.79. The van der Waals surface area contributed by atoms with Crippen LogP contribution in [0.25, 0.3) is 0 Å². The molecule has 19 heavy (non-hydrogen) atoms. The zero-order chi connectivity index (χ0) is 13.8. The van der Waals surface area contributed by atoms with E-state index >= 15 is 0 Å². The van der Waals surface area contributed by atoms with Crippen LogP contribution >= 0.6 is 0 Å².